The zero-order valence-electron chi connectivity index (χ0n) is 13.4. The molecule has 0 bridgehead atoms. The minimum absolute atomic E-state index is 0.278. The third-order valence-electron chi connectivity index (χ3n) is 4.21. The average molecular weight is 326 g/mol. The molecule has 1 N–H and O–H groups in total. The number of hydrogen-bond acceptors (Lipinski definition) is 2. The molecule has 3 rings (SSSR count). The summed E-state index contributed by atoms with van der Waals surface area (Å²) in [6.45, 7) is 3.71. The van der Waals surface area contributed by atoms with Crippen molar-refractivity contribution in [3.63, 3.8) is 0 Å². The molecule has 0 aliphatic heterocycles. The lowest BCUT2D eigenvalue weighted by molar-refractivity contribution is 0.253. The Morgan fingerprint density at radius 3 is 2.39 bits per heavy atom. The SMILES string of the molecule is CSc1ccc(/C=C2\C(C)=C(C(C)O)c3cc(F)ccc32)cc1. The first-order valence-electron chi connectivity index (χ1n) is 7.56. The Bertz CT molecular complexity index is 801. The van der Waals surface area contributed by atoms with Gasteiger partial charge in [-0.15, -0.1) is 11.8 Å². The summed E-state index contributed by atoms with van der Waals surface area (Å²) in [5, 5.41) is 10.1. The number of benzene rings is 2. The standard InChI is InChI=1S/C20H19FOS/c1-12-18(10-14-4-7-16(23-3)8-5-14)17-9-6-15(21)11-19(17)20(12)13(2)22/h4-11,13,22H,1-3H3/b18-10+. The van der Waals surface area contributed by atoms with Crippen LogP contribution in [0.1, 0.15) is 30.5 Å². The van der Waals surface area contributed by atoms with E-state index in [4.69, 9.17) is 0 Å². The van der Waals surface area contributed by atoms with Crippen molar-refractivity contribution in [3.8, 4) is 0 Å². The van der Waals surface area contributed by atoms with Crippen molar-refractivity contribution < 1.29 is 9.50 Å². The van der Waals surface area contributed by atoms with E-state index in [9.17, 15) is 9.50 Å². The van der Waals surface area contributed by atoms with Gasteiger partial charge in [0.05, 0.1) is 6.10 Å². The summed E-state index contributed by atoms with van der Waals surface area (Å²) >= 11 is 1.71. The molecule has 2 aromatic rings. The van der Waals surface area contributed by atoms with Gasteiger partial charge in [-0.25, -0.2) is 4.39 Å². The van der Waals surface area contributed by atoms with Crippen molar-refractivity contribution in [2.45, 2.75) is 24.8 Å². The Morgan fingerprint density at radius 2 is 1.78 bits per heavy atom. The third-order valence-corrected chi connectivity index (χ3v) is 4.96. The quantitative estimate of drug-likeness (QED) is 0.777. The van der Waals surface area contributed by atoms with Gasteiger partial charge >= 0.3 is 0 Å². The van der Waals surface area contributed by atoms with Gasteiger partial charge in [0.1, 0.15) is 5.82 Å². The van der Waals surface area contributed by atoms with E-state index < -0.39 is 6.10 Å². The first-order valence-corrected chi connectivity index (χ1v) is 8.79. The van der Waals surface area contributed by atoms with Gasteiger partial charge in [-0.3, -0.25) is 0 Å². The van der Waals surface area contributed by atoms with Crippen molar-refractivity contribution in [2.75, 3.05) is 6.26 Å². The number of halogens is 1. The molecule has 0 heterocycles. The number of fused-ring (bicyclic) bond motifs is 1. The summed E-state index contributed by atoms with van der Waals surface area (Å²) in [5.74, 6) is -0.278. The summed E-state index contributed by atoms with van der Waals surface area (Å²) in [5.41, 5.74) is 5.74. The number of aliphatic hydroxyl groups is 1. The summed E-state index contributed by atoms with van der Waals surface area (Å²) in [4.78, 5) is 1.22. The van der Waals surface area contributed by atoms with Gasteiger partial charge < -0.3 is 5.11 Å². The van der Waals surface area contributed by atoms with Crippen molar-refractivity contribution >= 4 is 29.0 Å². The van der Waals surface area contributed by atoms with Gasteiger partial charge in [-0.05, 0) is 83.9 Å². The van der Waals surface area contributed by atoms with Gasteiger partial charge in [0, 0.05) is 4.90 Å². The predicted molar refractivity (Wildman–Crippen MR) is 96.8 cm³/mol. The summed E-state index contributed by atoms with van der Waals surface area (Å²) in [6.07, 6.45) is 3.53. The monoisotopic (exact) mass is 326 g/mol. The molecule has 118 valence electrons. The fraction of sp³-hybridized carbons (Fsp3) is 0.200. The fourth-order valence-electron chi connectivity index (χ4n) is 3.11. The molecule has 0 saturated heterocycles. The van der Waals surface area contributed by atoms with Gasteiger partial charge in [0.2, 0.25) is 0 Å². The first kappa shape index (κ1) is 16.0. The van der Waals surface area contributed by atoms with E-state index in [1.807, 2.05) is 6.92 Å². The van der Waals surface area contributed by atoms with Gasteiger partial charge in [0.25, 0.3) is 0 Å². The maximum absolute atomic E-state index is 13.6. The highest BCUT2D eigenvalue weighted by molar-refractivity contribution is 7.98. The Kier molecular flexibility index (Phi) is 4.42. The van der Waals surface area contributed by atoms with Gasteiger partial charge in [0.15, 0.2) is 0 Å². The third kappa shape index (κ3) is 2.99. The molecule has 23 heavy (non-hydrogen) atoms. The van der Waals surface area contributed by atoms with E-state index in [0.717, 1.165) is 33.4 Å². The lowest BCUT2D eigenvalue weighted by Gasteiger charge is -2.09. The fourth-order valence-corrected chi connectivity index (χ4v) is 3.52. The number of hydrogen-bond donors (Lipinski definition) is 1. The molecule has 1 unspecified atom stereocenters. The molecule has 2 aromatic carbocycles. The number of aliphatic hydroxyl groups excluding tert-OH is 1. The van der Waals surface area contributed by atoms with Crippen molar-refractivity contribution in [1.29, 1.82) is 0 Å². The van der Waals surface area contributed by atoms with E-state index in [1.165, 1.54) is 17.0 Å². The number of rotatable bonds is 3. The second kappa shape index (κ2) is 6.34. The second-order valence-corrected chi connectivity index (χ2v) is 6.62. The number of allylic oxidation sites excluding steroid dienone is 2. The van der Waals surface area contributed by atoms with Crippen LogP contribution in [0.4, 0.5) is 4.39 Å². The van der Waals surface area contributed by atoms with Crippen LogP contribution in [0, 0.1) is 5.82 Å². The second-order valence-electron chi connectivity index (χ2n) is 5.74. The minimum Gasteiger partial charge on any atom is -0.389 e. The van der Waals surface area contributed by atoms with E-state index in [-0.39, 0.29) is 5.82 Å². The smallest absolute Gasteiger partial charge is 0.123 e. The normalized spacial score (nSPS) is 16.8. The Hall–Kier alpha value is -1.84. The molecule has 0 fully saturated rings. The molecule has 1 atom stereocenters. The van der Waals surface area contributed by atoms with Crippen LogP contribution in [0.3, 0.4) is 0 Å². The van der Waals surface area contributed by atoms with Crippen LogP contribution >= 0.6 is 11.8 Å². The summed E-state index contributed by atoms with van der Waals surface area (Å²) in [7, 11) is 0. The van der Waals surface area contributed by atoms with Crippen LogP contribution in [0.25, 0.3) is 17.2 Å². The molecule has 1 aliphatic carbocycles. The Balaban J connectivity index is 2.13. The average Bonchev–Trinajstić information content (AvgIpc) is 2.79. The largest absolute Gasteiger partial charge is 0.389 e. The van der Waals surface area contributed by atoms with Crippen LogP contribution in [-0.2, 0) is 0 Å². The lowest BCUT2D eigenvalue weighted by Crippen LogP contribution is -2.03. The molecule has 1 nitrogen and oxygen atoms in total. The van der Waals surface area contributed by atoms with E-state index in [0.29, 0.717) is 0 Å². The Labute approximate surface area is 140 Å². The molecule has 3 heteroatoms. The minimum atomic E-state index is -0.625. The highest BCUT2D eigenvalue weighted by Gasteiger charge is 2.26. The molecule has 1 aliphatic rings. The highest BCUT2D eigenvalue weighted by Crippen LogP contribution is 2.43. The predicted octanol–water partition coefficient (Wildman–Crippen LogP) is 5.26. The molecule has 0 saturated carbocycles. The molecular weight excluding hydrogens is 307 g/mol. The topological polar surface area (TPSA) is 20.2 Å². The maximum atomic E-state index is 13.6. The van der Waals surface area contributed by atoms with Crippen LogP contribution in [-0.4, -0.2) is 17.5 Å². The summed E-state index contributed by atoms with van der Waals surface area (Å²) < 4.78 is 13.6. The van der Waals surface area contributed by atoms with Crippen molar-refractivity contribution in [1.82, 2.24) is 0 Å². The number of thioether (sulfide) groups is 1. The van der Waals surface area contributed by atoms with Gasteiger partial charge in [-0.1, -0.05) is 18.2 Å². The van der Waals surface area contributed by atoms with Crippen molar-refractivity contribution in [3.05, 3.63) is 70.5 Å². The summed E-state index contributed by atoms with van der Waals surface area (Å²) in [6, 6.07) is 13.1. The first-order chi connectivity index (χ1) is 11.0. The van der Waals surface area contributed by atoms with Crippen LogP contribution in [0.2, 0.25) is 0 Å². The molecular formula is C20H19FOS. The van der Waals surface area contributed by atoms with Gasteiger partial charge in [-0.2, -0.15) is 0 Å². The Morgan fingerprint density at radius 1 is 1.09 bits per heavy atom. The molecule has 0 spiro atoms. The highest BCUT2D eigenvalue weighted by atomic mass is 32.2. The van der Waals surface area contributed by atoms with E-state index in [2.05, 4.69) is 36.6 Å². The van der Waals surface area contributed by atoms with Crippen LogP contribution < -0.4 is 0 Å². The zero-order valence-corrected chi connectivity index (χ0v) is 14.2. The molecule has 0 amide bonds. The van der Waals surface area contributed by atoms with Crippen LogP contribution in [0.15, 0.2) is 52.9 Å². The van der Waals surface area contributed by atoms with E-state index >= 15 is 0 Å². The van der Waals surface area contributed by atoms with Crippen LogP contribution in [0.5, 0.6) is 0 Å². The van der Waals surface area contributed by atoms with Crippen molar-refractivity contribution in [2.24, 2.45) is 0 Å². The molecule has 0 aromatic heterocycles. The maximum Gasteiger partial charge on any atom is 0.123 e. The lowest BCUT2D eigenvalue weighted by atomic mass is 10.0. The van der Waals surface area contributed by atoms with E-state index in [1.54, 1.807) is 24.8 Å². The molecule has 0 radical (unpaired) electrons. The zero-order chi connectivity index (χ0) is 16.6.